The number of aliphatic hydroxyl groups excluding tert-OH is 1. The molecular weight excluding hydrogens is 258 g/mol. The van der Waals surface area contributed by atoms with Crippen LogP contribution in [0.1, 0.15) is 18.4 Å². The zero-order chi connectivity index (χ0) is 11.1. The molecule has 0 amide bonds. The predicted molar refractivity (Wildman–Crippen MR) is 60.4 cm³/mol. The lowest BCUT2D eigenvalue weighted by molar-refractivity contribution is 0.261. The summed E-state index contributed by atoms with van der Waals surface area (Å²) in [5, 5.41) is 17.5. The highest BCUT2D eigenvalue weighted by Gasteiger charge is 2.06. The molecule has 0 heterocycles. The van der Waals surface area contributed by atoms with Crippen LogP contribution in [0.25, 0.3) is 0 Å². The van der Waals surface area contributed by atoms with E-state index in [1.807, 2.05) is 18.2 Å². The standard InChI is InChI=1S/C11H12BrNO2/c12-10-5-3-4-9(8-14)11(10)15-7-2-1-6-13/h3-5,14H,1-2,7-8H2. The molecule has 0 unspecified atom stereocenters. The van der Waals surface area contributed by atoms with Crippen LogP contribution in [0.5, 0.6) is 5.75 Å². The molecule has 0 spiro atoms. The SMILES string of the molecule is N#CCCCOc1c(Br)cccc1CO. The van der Waals surface area contributed by atoms with Crippen molar-refractivity contribution in [2.75, 3.05) is 6.61 Å². The molecular formula is C11H12BrNO2. The van der Waals surface area contributed by atoms with E-state index in [1.165, 1.54) is 0 Å². The van der Waals surface area contributed by atoms with E-state index < -0.39 is 0 Å². The summed E-state index contributed by atoms with van der Waals surface area (Å²) in [5.74, 6) is 0.665. The first-order valence-electron chi connectivity index (χ1n) is 4.67. The Hall–Kier alpha value is -1.05. The minimum Gasteiger partial charge on any atom is -0.492 e. The van der Waals surface area contributed by atoms with Crippen LogP contribution in [0.3, 0.4) is 0 Å². The van der Waals surface area contributed by atoms with Crippen LogP contribution in [0.4, 0.5) is 0 Å². The maximum atomic E-state index is 9.09. The van der Waals surface area contributed by atoms with E-state index in [4.69, 9.17) is 15.1 Å². The van der Waals surface area contributed by atoms with Gasteiger partial charge in [-0.3, -0.25) is 0 Å². The lowest BCUT2D eigenvalue weighted by Crippen LogP contribution is -2.00. The Balaban J connectivity index is 2.63. The van der Waals surface area contributed by atoms with E-state index in [-0.39, 0.29) is 6.61 Å². The van der Waals surface area contributed by atoms with Gasteiger partial charge in [-0.15, -0.1) is 0 Å². The molecule has 0 aliphatic rings. The summed E-state index contributed by atoms with van der Waals surface area (Å²) in [6.45, 7) is 0.441. The fraction of sp³-hybridized carbons (Fsp3) is 0.364. The summed E-state index contributed by atoms with van der Waals surface area (Å²) in [5.41, 5.74) is 0.751. The summed E-state index contributed by atoms with van der Waals surface area (Å²) in [7, 11) is 0. The monoisotopic (exact) mass is 269 g/mol. The van der Waals surface area contributed by atoms with Crippen LogP contribution >= 0.6 is 15.9 Å². The first kappa shape index (κ1) is 12.0. The van der Waals surface area contributed by atoms with Crippen LogP contribution in [0.2, 0.25) is 0 Å². The zero-order valence-corrected chi connectivity index (χ0v) is 9.83. The van der Waals surface area contributed by atoms with Crippen LogP contribution in [0, 0.1) is 11.3 Å². The van der Waals surface area contributed by atoms with Gasteiger partial charge < -0.3 is 9.84 Å². The van der Waals surface area contributed by atoms with Gasteiger partial charge in [-0.25, -0.2) is 0 Å². The number of hydrogen-bond acceptors (Lipinski definition) is 3. The molecule has 0 radical (unpaired) electrons. The normalized spacial score (nSPS) is 9.67. The van der Waals surface area contributed by atoms with Crippen LogP contribution in [-0.4, -0.2) is 11.7 Å². The number of benzene rings is 1. The van der Waals surface area contributed by atoms with Crippen molar-refractivity contribution in [2.45, 2.75) is 19.4 Å². The van der Waals surface area contributed by atoms with Gasteiger partial charge in [0, 0.05) is 12.0 Å². The third-order valence-corrected chi connectivity index (χ3v) is 2.52. The van der Waals surface area contributed by atoms with Crippen LogP contribution in [-0.2, 0) is 6.61 Å². The van der Waals surface area contributed by atoms with Gasteiger partial charge in [0.15, 0.2) is 0 Å². The average Bonchev–Trinajstić information content (AvgIpc) is 2.26. The molecule has 0 bridgehead atoms. The second kappa shape index (κ2) is 6.44. The Morgan fingerprint density at radius 3 is 2.93 bits per heavy atom. The molecule has 1 rings (SSSR count). The van der Waals surface area contributed by atoms with Gasteiger partial charge in [-0.1, -0.05) is 12.1 Å². The van der Waals surface area contributed by atoms with Crippen molar-refractivity contribution in [1.29, 1.82) is 5.26 Å². The van der Waals surface area contributed by atoms with Gasteiger partial charge >= 0.3 is 0 Å². The Labute approximate surface area is 97.4 Å². The second-order valence-electron chi connectivity index (χ2n) is 3.00. The molecule has 1 aromatic carbocycles. The molecule has 0 saturated carbocycles. The molecule has 15 heavy (non-hydrogen) atoms. The van der Waals surface area contributed by atoms with Crippen molar-refractivity contribution in [1.82, 2.24) is 0 Å². The van der Waals surface area contributed by atoms with E-state index in [0.717, 1.165) is 10.0 Å². The number of unbranched alkanes of at least 4 members (excludes halogenated alkanes) is 1. The molecule has 4 heteroatoms. The van der Waals surface area contributed by atoms with Crippen molar-refractivity contribution >= 4 is 15.9 Å². The lowest BCUT2D eigenvalue weighted by atomic mass is 10.2. The number of ether oxygens (including phenoxy) is 1. The number of rotatable bonds is 5. The summed E-state index contributed by atoms with van der Waals surface area (Å²) in [4.78, 5) is 0. The fourth-order valence-electron chi connectivity index (χ4n) is 1.17. The Bertz CT molecular complexity index is 360. The van der Waals surface area contributed by atoms with Gasteiger partial charge in [0.25, 0.3) is 0 Å². The highest BCUT2D eigenvalue weighted by atomic mass is 79.9. The number of nitriles is 1. The smallest absolute Gasteiger partial charge is 0.138 e. The maximum Gasteiger partial charge on any atom is 0.138 e. The lowest BCUT2D eigenvalue weighted by Gasteiger charge is -2.11. The number of nitrogens with zero attached hydrogens (tertiary/aromatic N) is 1. The van der Waals surface area contributed by atoms with Crippen molar-refractivity contribution in [2.24, 2.45) is 0 Å². The first-order valence-corrected chi connectivity index (χ1v) is 5.47. The largest absolute Gasteiger partial charge is 0.492 e. The van der Waals surface area contributed by atoms with Gasteiger partial charge in [-0.2, -0.15) is 5.26 Å². The molecule has 0 atom stereocenters. The highest BCUT2D eigenvalue weighted by Crippen LogP contribution is 2.29. The number of para-hydroxylation sites is 1. The van der Waals surface area contributed by atoms with Crippen molar-refractivity contribution in [3.8, 4) is 11.8 Å². The van der Waals surface area contributed by atoms with Crippen molar-refractivity contribution in [3.05, 3.63) is 28.2 Å². The molecule has 0 saturated heterocycles. The van der Waals surface area contributed by atoms with Crippen molar-refractivity contribution in [3.63, 3.8) is 0 Å². The molecule has 0 aromatic heterocycles. The van der Waals surface area contributed by atoms with E-state index in [9.17, 15) is 0 Å². The van der Waals surface area contributed by atoms with Gasteiger partial charge in [0.05, 0.1) is 23.8 Å². The molecule has 3 nitrogen and oxygen atoms in total. The topological polar surface area (TPSA) is 53.2 Å². The molecule has 1 N–H and O–H groups in total. The molecule has 80 valence electrons. The van der Waals surface area contributed by atoms with E-state index in [1.54, 1.807) is 0 Å². The van der Waals surface area contributed by atoms with Crippen molar-refractivity contribution < 1.29 is 9.84 Å². The van der Waals surface area contributed by atoms with Crippen LogP contribution in [0.15, 0.2) is 22.7 Å². The third kappa shape index (κ3) is 3.54. The Morgan fingerprint density at radius 2 is 2.27 bits per heavy atom. The summed E-state index contributed by atoms with van der Waals surface area (Å²) >= 11 is 3.36. The molecule has 1 aromatic rings. The molecule has 0 aliphatic heterocycles. The third-order valence-electron chi connectivity index (χ3n) is 1.90. The summed E-state index contributed by atoms with van der Waals surface area (Å²) in [6.07, 6.45) is 1.18. The minimum atomic E-state index is -0.0486. The van der Waals surface area contributed by atoms with E-state index in [0.29, 0.717) is 25.2 Å². The second-order valence-corrected chi connectivity index (χ2v) is 3.85. The average molecular weight is 270 g/mol. The first-order chi connectivity index (χ1) is 7.29. The summed E-state index contributed by atoms with van der Waals surface area (Å²) < 4.78 is 6.33. The quantitative estimate of drug-likeness (QED) is 0.837. The van der Waals surface area contributed by atoms with Gasteiger partial charge in [0.2, 0.25) is 0 Å². The number of halogens is 1. The predicted octanol–water partition coefficient (Wildman–Crippen LogP) is 2.62. The Morgan fingerprint density at radius 1 is 1.47 bits per heavy atom. The number of aliphatic hydroxyl groups is 1. The van der Waals surface area contributed by atoms with E-state index >= 15 is 0 Å². The summed E-state index contributed by atoms with van der Waals surface area (Å²) in [6, 6.07) is 7.57. The zero-order valence-electron chi connectivity index (χ0n) is 8.24. The molecule has 0 fully saturated rings. The maximum absolute atomic E-state index is 9.09. The van der Waals surface area contributed by atoms with Gasteiger partial charge in [-0.05, 0) is 28.4 Å². The van der Waals surface area contributed by atoms with Crippen LogP contribution < -0.4 is 4.74 Å². The molecule has 0 aliphatic carbocycles. The fourth-order valence-corrected chi connectivity index (χ4v) is 1.69. The van der Waals surface area contributed by atoms with Gasteiger partial charge in [0.1, 0.15) is 5.75 Å². The Kier molecular flexibility index (Phi) is 5.16. The van der Waals surface area contributed by atoms with E-state index in [2.05, 4.69) is 22.0 Å². The minimum absolute atomic E-state index is 0.0486. The number of hydrogen-bond donors (Lipinski definition) is 1. The highest BCUT2D eigenvalue weighted by molar-refractivity contribution is 9.10.